The fraction of sp³-hybridized carbons (Fsp3) is 0.600. The molecular weight excluding hydrogens is 196 g/mol. The van der Waals surface area contributed by atoms with Crippen molar-refractivity contribution < 1.29 is 14.4 Å². The number of hydrogen-bond donors (Lipinski definition) is 2. The predicted octanol–water partition coefficient (Wildman–Crippen LogP) is 0.331. The molecule has 0 radical (unpaired) electrons. The summed E-state index contributed by atoms with van der Waals surface area (Å²) in [6.07, 6.45) is -0.285. The topological polar surface area (TPSA) is 75.4 Å². The molecule has 1 aromatic rings. The Balaban J connectivity index is 2.51. The summed E-state index contributed by atoms with van der Waals surface area (Å²) in [5.41, 5.74) is 1.55. The van der Waals surface area contributed by atoms with Crippen molar-refractivity contribution in [2.75, 3.05) is 6.54 Å². The van der Waals surface area contributed by atoms with Gasteiger partial charge in [-0.1, -0.05) is 5.16 Å². The molecule has 0 saturated carbocycles. The van der Waals surface area contributed by atoms with Gasteiger partial charge in [-0.2, -0.15) is 0 Å². The van der Waals surface area contributed by atoms with E-state index in [4.69, 9.17) is 9.63 Å². The van der Waals surface area contributed by atoms with Crippen LogP contribution in [0.3, 0.4) is 0 Å². The molecule has 5 nitrogen and oxygen atoms in total. The van der Waals surface area contributed by atoms with Gasteiger partial charge in [0, 0.05) is 12.1 Å². The van der Waals surface area contributed by atoms with Gasteiger partial charge in [0.15, 0.2) is 0 Å². The van der Waals surface area contributed by atoms with E-state index in [1.807, 2.05) is 0 Å². The van der Waals surface area contributed by atoms with E-state index in [-0.39, 0.29) is 18.9 Å². The monoisotopic (exact) mass is 212 g/mol. The van der Waals surface area contributed by atoms with Gasteiger partial charge >= 0.3 is 0 Å². The van der Waals surface area contributed by atoms with Gasteiger partial charge in [-0.05, 0) is 20.8 Å². The van der Waals surface area contributed by atoms with E-state index < -0.39 is 6.10 Å². The summed E-state index contributed by atoms with van der Waals surface area (Å²) in [6.45, 7) is 5.46. The Labute approximate surface area is 88.5 Å². The molecule has 0 aliphatic heterocycles. The van der Waals surface area contributed by atoms with Crippen LogP contribution in [0.4, 0.5) is 0 Å². The van der Waals surface area contributed by atoms with Crippen LogP contribution in [0.25, 0.3) is 0 Å². The number of rotatable bonds is 4. The second-order valence-corrected chi connectivity index (χ2v) is 3.63. The number of aromatic nitrogens is 1. The standard InChI is InChI=1S/C10H16N2O3/c1-6(13)5-11-10(14)4-9-7(2)12-15-8(9)3/h6,13H,4-5H2,1-3H3,(H,11,14). The van der Waals surface area contributed by atoms with Crippen molar-refractivity contribution in [2.24, 2.45) is 0 Å². The highest BCUT2D eigenvalue weighted by atomic mass is 16.5. The minimum absolute atomic E-state index is 0.134. The fourth-order valence-electron chi connectivity index (χ4n) is 1.24. The third-order valence-corrected chi connectivity index (χ3v) is 2.11. The Morgan fingerprint density at radius 2 is 2.27 bits per heavy atom. The molecule has 0 aliphatic carbocycles. The number of nitrogens with zero attached hydrogens (tertiary/aromatic N) is 1. The molecule has 0 aromatic carbocycles. The highest BCUT2D eigenvalue weighted by Gasteiger charge is 2.13. The first-order valence-electron chi connectivity index (χ1n) is 4.87. The third kappa shape index (κ3) is 3.36. The maximum atomic E-state index is 11.4. The average Bonchev–Trinajstić information content (AvgIpc) is 2.46. The Kier molecular flexibility index (Phi) is 3.85. The normalized spacial score (nSPS) is 12.5. The molecule has 0 fully saturated rings. The van der Waals surface area contributed by atoms with Crippen molar-refractivity contribution in [2.45, 2.75) is 33.3 Å². The number of amides is 1. The van der Waals surface area contributed by atoms with Gasteiger partial charge in [0.1, 0.15) is 5.76 Å². The maximum Gasteiger partial charge on any atom is 0.224 e. The number of aliphatic hydroxyl groups excluding tert-OH is 1. The molecule has 0 spiro atoms. The van der Waals surface area contributed by atoms with Crippen molar-refractivity contribution in [1.82, 2.24) is 10.5 Å². The molecule has 2 N–H and O–H groups in total. The van der Waals surface area contributed by atoms with Gasteiger partial charge in [-0.3, -0.25) is 4.79 Å². The van der Waals surface area contributed by atoms with Crippen molar-refractivity contribution in [3.8, 4) is 0 Å². The SMILES string of the molecule is Cc1noc(C)c1CC(=O)NCC(C)O. The molecule has 0 saturated heterocycles. The van der Waals surface area contributed by atoms with Crippen LogP contribution in [0.2, 0.25) is 0 Å². The first kappa shape index (κ1) is 11.7. The van der Waals surface area contributed by atoms with Crippen molar-refractivity contribution in [3.05, 3.63) is 17.0 Å². The minimum Gasteiger partial charge on any atom is -0.392 e. The molecular formula is C10H16N2O3. The summed E-state index contributed by atoms with van der Waals surface area (Å²) in [5, 5.41) is 15.4. The number of aryl methyl sites for hydroxylation is 2. The summed E-state index contributed by atoms with van der Waals surface area (Å²) < 4.78 is 4.94. The number of nitrogens with one attached hydrogen (secondary N) is 1. The zero-order valence-corrected chi connectivity index (χ0v) is 9.20. The quantitative estimate of drug-likeness (QED) is 0.754. The van der Waals surface area contributed by atoms with Gasteiger partial charge < -0.3 is 14.9 Å². The summed E-state index contributed by atoms with van der Waals surface area (Å²) in [6, 6.07) is 0. The molecule has 15 heavy (non-hydrogen) atoms. The highest BCUT2D eigenvalue weighted by molar-refractivity contribution is 5.78. The van der Waals surface area contributed by atoms with E-state index in [9.17, 15) is 4.79 Å². The van der Waals surface area contributed by atoms with Gasteiger partial charge in [-0.25, -0.2) is 0 Å². The van der Waals surface area contributed by atoms with Crippen LogP contribution in [-0.2, 0) is 11.2 Å². The van der Waals surface area contributed by atoms with Crippen LogP contribution in [0.1, 0.15) is 23.9 Å². The highest BCUT2D eigenvalue weighted by Crippen LogP contribution is 2.12. The summed E-state index contributed by atoms with van der Waals surface area (Å²) >= 11 is 0. The fourth-order valence-corrected chi connectivity index (χ4v) is 1.24. The lowest BCUT2D eigenvalue weighted by molar-refractivity contribution is -0.120. The van der Waals surface area contributed by atoms with Gasteiger partial charge in [0.05, 0.1) is 18.2 Å². The Morgan fingerprint density at radius 3 is 2.73 bits per heavy atom. The summed E-state index contributed by atoms with van der Waals surface area (Å²) in [4.78, 5) is 11.4. The van der Waals surface area contributed by atoms with Crippen LogP contribution in [-0.4, -0.2) is 28.8 Å². The summed E-state index contributed by atoms with van der Waals surface area (Å²) in [7, 11) is 0. The first-order chi connectivity index (χ1) is 7.00. The maximum absolute atomic E-state index is 11.4. The van der Waals surface area contributed by atoms with E-state index in [0.29, 0.717) is 5.76 Å². The zero-order valence-electron chi connectivity index (χ0n) is 9.20. The van der Waals surface area contributed by atoms with Crippen LogP contribution in [0, 0.1) is 13.8 Å². The van der Waals surface area contributed by atoms with E-state index in [0.717, 1.165) is 11.3 Å². The van der Waals surface area contributed by atoms with E-state index in [1.165, 1.54) is 0 Å². The van der Waals surface area contributed by atoms with Crippen molar-refractivity contribution >= 4 is 5.91 Å². The molecule has 1 unspecified atom stereocenters. The van der Waals surface area contributed by atoms with Crippen LogP contribution >= 0.6 is 0 Å². The lowest BCUT2D eigenvalue weighted by Gasteiger charge is -2.06. The Hall–Kier alpha value is -1.36. The molecule has 1 amide bonds. The Bertz CT molecular complexity index is 325. The van der Waals surface area contributed by atoms with Gasteiger partial charge in [0.2, 0.25) is 5.91 Å². The summed E-state index contributed by atoms with van der Waals surface area (Å²) in [5.74, 6) is 0.532. The van der Waals surface area contributed by atoms with Gasteiger partial charge in [0.25, 0.3) is 0 Å². The van der Waals surface area contributed by atoms with Gasteiger partial charge in [-0.15, -0.1) is 0 Å². The molecule has 5 heteroatoms. The van der Waals surface area contributed by atoms with E-state index in [1.54, 1.807) is 20.8 Å². The second-order valence-electron chi connectivity index (χ2n) is 3.63. The van der Waals surface area contributed by atoms with Crippen LogP contribution < -0.4 is 5.32 Å². The first-order valence-corrected chi connectivity index (χ1v) is 4.87. The number of carbonyl (C=O) groups is 1. The number of hydrogen-bond acceptors (Lipinski definition) is 4. The van der Waals surface area contributed by atoms with Crippen molar-refractivity contribution in [1.29, 1.82) is 0 Å². The third-order valence-electron chi connectivity index (χ3n) is 2.11. The van der Waals surface area contributed by atoms with Crippen LogP contribution in [0.5, 0.6) is 0 Å². The second kappa shape index (κ2) is 4.93. The molecule has 0 aliphatic rings. The molecule has 84 valence electrons. The number of carbonyl (C=O) groups excluding carboxylic acids is 1. The molecule has 0 bridgehead atoms. The average molecular weight is 212 g/mol. The molecule has 1 aromatic heterocycles. The number of aliphatic hydroxyl groups is 1. The van der Waals surface area contributed by atoms with Crippen molar-refractivity contribution in [3.63, 3.8) is 0 Å². The van der Waals surface area contributed by atoms with Crippen LogP contribution in [0.15, 0.2) is 4.52 Å². The molecule has 1 heterocycles. The largest absolute Gasteiger partial charge is 0.392 e. The predicted molar refractivity (Wildman–Crippen MR) is 54.4 cm³/mol. The molecule has 1 atom stereocenters. The zero-order chi connectivity index (χ0) is 11.4. The van der Waals surface area contributed by atoms with E-state index in [2.05, 4.69) is 10.5 Å². The van der Waals surface area contributed by atoms with E-state index >= 15 is 0 Å². The Morgan fingerprint density at radius 1 is 1.60 bits per heavy atom. The minimum atomic E-state index is -0.529. The lowest BCUT2D eigenvalue weighted by atomic mass is 10.1. The molecule has 1 rings (SSSR count). The lowest BCUT2D eigenvalue weighted by Crippen LogP contribution is -2.31. The smallest absolute Gasteiger partial charge is 0.224 e.